The van der Waals surface area contributed by atoms with E-state index in [0.717, 1.165) is 11.8 Å². The third-order valence-corrected chi connectivity index (χ3v) is 5.41. The summed E-state index contributed by atoms with van der Waals surface area (Å²) in [5.74, 6) is -0.346. The molecule has 0 atom stereocenters. The van der Waals surface area contributed by atoms with Crippen LogP contribution in [-0.4, -0.2) is 23.7 Å². The maximum absolute atomic E-state index is 12.4. The van der Waals surface area contributed by atoms with Crippen molar-refractivity contribution in [3.05, 3.63) is 61.0 Å². The van der Waals surface area contributed by atoms with Crippen LogP contribution in [0.5, 0.6) is 11.5 Å². The van der Waals surface area contributed by atoms with Gasteiger partial charge in [-0.1, -0.05) is 11.6 Å². The van der Waals surface area contributed by atoms with E-state index >= 15 is 0 Å². The molecule has 1 aliphatic heterocycles. The summed E-state index contributed by atoms with van der Waals surface area (Å²) in [6.07, 6.45) is 1.58. The Morgan fingerprint density at radius 3 is 2.57 bits per heavy atom. The largest absolute Gasteiger partial charge is 0.490 e. The number of benzene rings is 2. The van der Waals surface area contributed by atoms with Crippen LogP contribution in [0.2, 0.25) is 5.02 Å². The van der Waals surface area contributed by atoms with Gasteiger partial charge in [0.05, 0.1) is 20.6 Å². The highest BCUT2D eigenvalue weighted by Gasteiger charge is 2.25. The normalized spacial score (nSPS) is 14.9. The van der Waals surface area contributed by atoms with E-state index in [1.54, 1.807) is 42.5 Å². The molecule has 0 aromatic heterocycles. The lowest BCUT2D eigenvalue weighted by Gasteiger charge is -2.14. The minimum absolute atomic E-state index is 0.282. The molecule has 3 rings (SSSR count). The highest BCUT2D eigenvalue weighted by molar-refractivity contribution is 14.1. The zero-order valence-electron chi connectivity index (χ0n) is 14.5. The molecule has 2 amide bonds. The molecule has 28 heavy (non-hydrogen) atoms. The van der Waals surface area contributed by atoms with Crippen molar-refractivity contribution in [2.75, 3.05) is 6.61 Å². The van der Waals surface area contributed by atoms with Crippen molar-refractivity contribution in [1.82, 2.24) is 5.32 Å². The number of thioether (sulfide) groups is 1. The minimum atomic E-state index is -0.544. The van der Waals surface area contributed by atoms with Crippen LogP contribution >= 0.6 is 46.0 Å². The smallest absolute Gasteiger partial charge is 0.343 e. The van der Waals surface area contributed by atoms with Crippen LogP contribution in [0.15, 0.2) is 41.3 Å². The summed E-state index contributed by atoms with van der Waals surface area (Å²) in [5, 5.41) is 2.31. The lowest BCUT2D eigenvalue weighted by molar-refractivity contribution is -0.115. The minimum Gasteiger partial charge on any atom is -0.490 e. The molecular weight excluding hydrogens is 517 g/mol. The maximum atomic E-state index is 12.4. The highest BCUT2D eigenvalue weighted by Crippen LogP contribution is 2.36. The number of hydrogen-bond donors (Lipinski definition) is 1. The molecule has 0 aliphatic carbocycles. The molecule has 2 aromatic rings. The summed E-state index contributed by atoms with van der Waals surface area (Å²) < 4.78 is 11.8. The fourth-order valence-electron chi connectivity index (χ4n) is 2.34. The lowest BCUT2D eigenvalue weighted by Crippen LogP contribution is -2.17. The first-order chi connectivity index (χ1) is 13.4. The van der Waals surface area contributed by atoms with E-state index in [9.17, 15) is 14.4 Å². The zero-order chi connectivity index (χ0) is 20.3. The third kappa shape index (κ3) is 4.86. The molecule has 6 nitrogen and oxygen atoms in total. The zero-order valence-corrected chi connectivity index (χ0v) is 18.2. The van der Waals surface area contributed by atoms with Crippen molar-refractivity contribution < 1.29 is 23.9 Å². The molecule has 144 valence electrons. The first-order valence-corrected chi connectivity index (χ1v) is 10.3. The van der Waals surface area contributed by atoms with Crippen LogP contribution in [0.1, 0.15) is 22.8 Å². The Morgan fingerprint density at radius 1 is 1.25 bits per heavy atom. The van der Waals surface area contributed by atoms with Gasteiger partial charge in [0.25, 0.3) is 11.1 Å². The van der Waals surface area contributed by atoms with Crippen molar-refractivity contribution in [3.63, 3.8) is 0 Å². The Kier molecular flexibility index (Phi) is 6.63. The van der Waals surface area contributed by atoms with Gasteiger partial charge >= 0.3 is 5.97 Å². The average molecular weight is 530 g/mol. The average Bonchev–Trinajstić information content (AvgIpc) is 2.95. The first-order valence-electron chi connectivity index (χ1n) is 8.06. The van der Waals surface area contributed by atoms with Crippen LogP contribution in [0.4, 0.5) is 4.79 Å². The van der Waals surface area contributed by atoms with Gasteiger partial charge in [-0.15, -0.1) is 0 Å². The van der Waals surface area contributed by atoms with Crippen LogP contribution in [-0.2, 0) is 4.79 Å². The summed E-state index contributed by atoms with van der Waals surface area (Å²) in [6, 6.07) is 9.74. The quantitative estimate of drug-likeness (QED) is 0.257. The number of rotatable bonds is 5. The second-order valence-electron chi connectivity index (χ2n) is 5.51. The fourth-order valence-corrected chi connectivity index (χ4v) is 3.89. The molecule has 1 saturated heterocycles. The maximum Gasteiger partial charge on any atom is 0.343 e. The van der Waals surface area contributed by atoms with E-state index < -0.39 is 17.1 Å². The summed E-state index contributed by atoms with van der Waals surface area (Å²) in [7, 11) is 0. The number of nitrogens with one attached hydrogen (secondary N) is 1. The summed E-state index contributed by atoms with van der Waals surface area (Å²) in [6.45, 7) is 2.16. The van der Waals surface area contributed by atoms with Gasteiger partial charge in [-0.25, -0.2) is 4.79 Å². The topological polar surface area (TPSA) is 81.7 Å². The van der Waals surface area contributed by atoms with E-state index in [4.69, 9.17) is 21.1 Å². The van der Waals surface area contributed by atoms with Crippen molar-refractivity contribution >= 4 is 69.1 Å². The predicted molar refractivity (Wildman–Crippen MR) is 116 cm³/mol. The monoisotopic (exact) mass is 529 g/mol. The van der Waals surface area contributed by atoms with Gasteiger partial charge in [0.15, 0.2) is 11.5 Å². The predicted octanol–water partition coefficient (Wildman–Crippen LogP) is 4.89. The van der Waals surface area contributed by atoms with E-state index in [2.05, 4.69) is 5.32 Å². The molecular formula is C19H13ClINO5S. The molecule has 2 aromatic carbocycles. The molecule has 1 N–H and O–H groups in total. The van der Waals surface area contributed by atoms with Gasteiger partial charge in [0.1, 0.15) is 0 Å². The van der Waals surface area contributed by atoms with Crippen LogP contribution < -0.4 is 14.8 Å². The molecule has 0 saturated carbocycles. The van der Waals surface area contributed by atoms with E-state index in [-0.39, 0.29) is 10.7 Å². The molecule has 9 heteroatoms. The summed E-state index contributed by atoms with van der Waals surface area (Å²) in [5.41, 5.74) is 0.998. The van der Waals surface area contributed by atoms with Gasteiger partial charge in [-0.05, 0) is 89.3 Å². The Hall–Kier alpha value is -2.04. The standard InChI is InChI=1S/C19H13ClINO5S/c1-2-26-14-8-10(9-15-17(23)22-19(25)28-15)7-13(21)16(14)27-18(24)11-3-5-12(20)6-4-11/h3-9H,2H2,1H3,(H,22,23,25)/b15-9-. The van der Waals surface area contributed by atoms with E-state index in [1.165, 1.54) is 0 Å². The Morgan fingerprint density at radius 2 is 1.96 bits per heavy atom. The first kappa shape index (κ1) is 20.7. The molecule has 1 heterocycles. The number of esters is 1. The lowest BCUT2D eigenvalue weighted by atomic mass is 10.1. The number of carbonyl (C=O) groups is 3. The second-order valence-corrected chi connectivity index (χ2v) is 8.13. The van der Waals surface area contributed by atoms with Crippen molar-refractivity contribution in [3.8, 4) is 11.5 Å². The molecule has 0 bridgehead atoms. The number of hydrogen-bond acceptors (Lipinski definition) is 6. The van der Waals surface area contributed by atoms with Gasteiger partial charge < -0.3 is 9.47 Å². The van der Waals surface area contributed by atoms with Gasteiger partial charge in [0, 0.05) is 5.02 Å². The number of amides is 2. The SMILES string of the molecule is CCOc1cc(/C=C2\SC(=O)NC2=O)cc(I)c1OC(=O)c1ccc(Cl)cc1. The molecule has 0 radical (unpaired) electrons. The second kappa shape index (κ2) is 8.97. The Balaban J connectivity index is 1.92. The van der Waals surface area contributed by atoms with Crippen LogP contribution in [0.3, 0.4) is 0 Å². The van der Waals surface area contributed by atoms with Gasteiger partial charge in [-0.3, -0.25) is 14.9 Å². The molecule has 0 spiro atoms. The van der Waals surface area contributed by atoms with Crippen molar-refractivity contribution in [2.24, 2.45) is 0 Å². The Labute approximate surface area is 183 Å². The number of ether oxygens (including phenoxy) is 2. The highest BCUT2D eigenvalue weighted by atomic mass is 127. The third-order valence-electron chi connectivity index (χ3n) is 3.55. The number of imide groups is 1. The summed E-state index contributed by atoms with van der Waals surface area (Å²) in [4.78, 5) is 35.8. The Bertz CT molecular complexity index is 991. The fraction of sp³-hybridized carbons (Fsp3) is 0.105. The number of carbonyl (C=O) groups excluding carboxylic acids is 3. The van der Waals surface area contributed by atoms with E-state index in [0.29, 0.717) is 32.1 Å². The van der Waals surface area contributed by atoms with Crippen LogP contribution in [0.25, 0.3) is 6.08 Å². The van der Waals surface area contributed by atoms with Crippen molar-refractivity contribution in [2.45, 2.75) is 6.92 Å². The molecule has 1 aliphatic rings. The molecule has 1 fully saturated rings. The van der Waals surface area contributed by atoms with Gasteiger partial charge in [-0.2, -0.15) is 0 Å². The molecule has 0 unspecified atom stereocenters. The van der Waals surface area contributed by atoms with E-state index in [1.807, 2.05) is 29.5 Å². The van der Waals surface area contributed by atoms with Gasteiger partial charge in [0.2, 0.25) is 0 Å². The van der Waals surface area contributed by atoms with Crippen LogP contribution in [0, 0.1) is 3.57 Å². The summed E-state index contributed by atoms with van der Waals surface area (Å²) >= 11 is 8.70. The number of halogens is 2. The van der Waals surface area contributed by atoms with Crippen molar-refractivity contribution in [1.29, 1.82) is 0 Å².